The number of unbranched alkanes of at least 4 members (excludes halogenated alkanes) is 1. The van der Waals surface area contributed by atoms with Gasteiger partial charge in [0.25, 0.3) is 12.4 Å². The van der Waals surface area contributed by atoms with E-state index in [2.05, 4.69) is 24.3 Å². The van der Waals surface area contributed by atoms with E-state index >= 15 is 0 Å². The topological polar surface area (TPSA) is 96.0 Å². The maximum Gasteiger partial charge on any atom is 0.290 e. The third kappa shape index (κ3) is 4.86. The molecular formula is C26H27N3O3. The number of rotatable bonds is 7. The molecule has 1 amide bonds. The van der Waals surface area contributed by atoms with E-state index in [-0.39, 0.29) is 12.4 Å². The lowest BCUT2D eigenvalue weighted by Gasteiger charge is -2.27. The minimum atomic E-state index is -1.11. The zero-order valence-electron chi connectivity index (χ0n) is 17.8. The first-order valence-electron chi connectivity index (χ1n) is 10.5. The second-order valence-electron chi connectivity index (χ2n) is 7.42. The van der Waals surface area contributed by atoms with E-state index in [4.69, 9.17) is 20.6 Å². The molecule has 0 bridgehead atoms. The maximum atomic E-state index is 13.6. The second-order valence-corrected chi connectivity index (χ2v) is 7.42. The van der Waals surface area contributed by atoms with Gasteiger partial charge in [0, 0.05) is 6.54 Å². The molecular weight excluding hydrogens is 402 g/mol. The smallest absolute Gasteiger partial charge is 0.290 e. The minimum Gasteiger partial charge on any atom is -0.483 e. The second kappa shape index (κ2) is 10.9. The molecule has 32 heavy (non-hydrogen) atoms. The fourth-order valence-electron chi connectivity index (χ4n) is 3.94. The molecule has 0 atom stereocenters. The van der Waals surface area contributed by atoms with Gasteiger partial charge in [-0.1, -0.05) is 91.0 Å². The van der Waals surface area contributed by atoms with Crippen LogP contribution in [0.15, 0.2) is 96.0 Å². The molecule has 3 aromatic rings. The lowest BCUT2D eigenvalue weighted by Crippen LogP contribution is -2.44. The molecule has 0 spiro atoms. The quantitative estimate of drug-likeness (QED) is 0.441. The fraction of sp³-hybridized carbons (Fsp3) is 0.192. The number of carboxylic acid groups (broad SMARTS) is 1. The Kier molecular flexibility index (Phi) is 7.75. The van der Waals surface area contributed by atoms with Crippen LogP contribution in [0.1, 0.15) is 29.5 Å². The summed E-state index contributed by atoms with van der Waals surface area (Å²) in [6, 6.07) is 29.8. The van der Waals surface area contributed by atoms with Crippen molar-refractivity contribution in [3.63, 3.8) is 0 Å². The van der Waals surface area contributed by atoms with Crippen LogP contribution in [0.2, 0.25) is 0 Å². The predicted molar refractivity (Wildman–Crippen MR) is 125 cm³/mol. The average molecular weight is 430 g/mol. The van der Waals surface area contributed by atoms with Gasteiger partial charge in [-0.2, -0.15) is 0 Å². The predicted octanol–water partition coefficient (Wildman–Crippen LogP) is 3.81. The normalized spacial score (nSPS) is 14.3. The van der Waals surface area contributed by atoms with Crippen molar-refractivity contribution in [2.24, 2.45) is 10.7 Å². The Morgan fingerprint density at radius 2 is 1.31 bits per heavy atom. The van der Waals surface area contributed by atoms with Gasteiger partial charge in [-0.25, -0.2) is 4.99 Å². The number of guanidine groups is 1. The monoisotopic (exact) mass is 429 g/mol. The van der Waals surface area contributed by atoms with E-state index in [0.29, 0.717) is 12.5 Å². The summed E-state index contributed by atoms with van der Waals surface area (Å²) >= 11 is 0. The van der Waals surface area contributed by atoms with Gasteiger partial charge < -0.3 is 10.8 Å². The molecule has 0 aliphatic carbocycles. The number of aryl methyl sites for hydroxylation is 1. The Balaban J connectivity index is 0.000000913. The number of hydrogen-bond acceptors (Lipinski definition) is 4. The number of nitrogens with two attached hydrogens (primary N) is 1. The number of carbonyl (C=O) groups excluding carboxylic acids is 1. The standard InChI is InChI=1S/C25H25N3O.CH2O2/c26-24-27-25(21-15-6-2-7-16-21,22-17-8-3-9-18-22)23(29)28(24)19-11-10-14-20-12-4-1-5-13-20;2-1-3/h1-9,12-13,15-18H,10-11,14,19H2,(H2,26,27);1H,(H,2,3). The Labute approximate surface area is 188 Å². The molecule has 0 saturated heterocycles. The van der Waals surface area contributed by atoms with Crippen molar-refractivity contribution < 1.29 is 14.7 Å². The summed E-state index contributed by atoms with van der Waals surface area (Å²) in [7, 11) is 0. The lowest BCUT2D eigenvalue weighted by atomic mass is 9.83. The van der Waals surface area contributed by atoms with Crippen LogP contribution in [0.3, 0.4) is 0 Å². The number of aliphatic imine (C=N–C) groups is 1. The summed E-state index contributed by atoms with van der Waals surface area (Å²) in [4.78, 5) is 28.4. The first-order chi connectivity index (χ1) is 15.6. The molecule has 1 aliphatic rings. The van der Waals surface area contributed by atoms with Gasteiger partial charge in [-0.15, -0.1) is 0 Å². The first kappa shape index (κ1) is 22.7. The van der Waals surface area contributed by atoms with E-state index in [1.807, 2.05) is 66.7 Å². The van der Waals surface area contributed by atoms with Crippen molar-refractivity contribution in [1.29, 1.82) is 0 Å². The number of hydrogen-bond donors (Lipinski definition) is 2. The van der Waals surface area contributed by atoms with E-state index in [1.165, 1.54) is 5.56 Å². The highest BCUT2D eigenvalue weighted by Gasteiger charge is 2.50. The molecule has 0 radical (unpaired) electrons. The Morgan fingerprint density at radius 3 is 1.81 bits per heavy atom. The molecule has 4 rings (SSSR count). The van der Waals surface area contributed by atoms with Crippen LogP contribution in [0.4, 0.5) is 0 Å². The van der Waals surface area contributed by atoms with Gasteiger partial charge in [0.1, 0.15) is 0 Å². The molecule has 0 aromatic heterocycles. The number of amides is 1. The summed E-state index contributed by atoms with van der Waals surface area (Å²) in [6.45, 7) is 0.322. The van der Waals surface area contributed by atoms with E-state index in [9.17, 15) is 4.79 Å². The lowest BCUT2D eigenvalue weighted by molar-refractivity contribution is -0.130. The summed E-state index contributed by atoms with van der Waals surface area (Å²) in [6.07, 6.45) is 2.85. The van der Waals surface area contributed by atoms with Crippen molar-refractivity contribution in [3.05, 3.63) is 108 Å². The zero-order chi connectivity index (χ0) is 22.8. The highest BCUT2D eigenvalue weighted by Crippen LogP contribution is 2.39. The third-order valence-electron chi connectivity index (χ3n) is 5.44. The van der Waals surface area contributed by atoms with Crippen molar-refractivity contribution in [1.82, 2.24) is 4.90 Å². The molecule has 0 fully saturated rings. The van der Waals surface area contributed by atoms with Crippen LogP contribution in [-0.2, 0) is 21.5 Å². The Bertz CT molecular complexity index is 998. The van der Waals surface area contributed by atoms with Crippen molar-refractivity contribution in [3.8, 4) is 0 Å². The molecule has 0 saturated carbocycles. The molecule has 164 valence electrons. The van der Waals surface area contributed by atoms with Gasteiger partial charge >= 0.3 is 0 Å². The molecule has 6 nitrogen and oxygen atoms in total. The highest BCUT2D eigenvalue weighted by molar-refractivity contribution is 6.09. The van der Waals surface area contributed by atoms with Gasteiger partial charge in [0.05, 0.1) is 0 Å². The summed E-state index contributed by atoms with van der Waals surface area (Å²) < 4.78 is 0. The summed E-state index contributed by atoms with van der Waals surface area (Å²) in [5, 5.41) is 6.89. The summed E-state index contributed by atoms with van der Waals surface area (Å²) in [5.41, 5.74) is 8.15. The van der Waals surface area contributed by atoms with E-state index in [1.54, 1.807) is 4.90 Å². The highest BCUT2D eigenvalue weighted by atomic mass is 16.3. The molecule has 3 aromatic carbocycles. The van der Waals surface area contributed by atoms with Gasteiger partial charge in [-0.3, -0.25) is 14.5 Å². The van der Waals surface area contributed by atoms with Crippen LogP contribution in [-0.4, -0.2) is 34.9 Å². The molecule has 1 aliphatic heterocycles. The van der Waals surface area contributed by atoms with Gasteiger partial charge in [0.2, 0.25) is 0 Å². The Morgan fingerprint density at radius 1 is 0.844 bits per heavy atom. The number of nitrogens with zero attached hydrogens (tertiary/aromatic N) is 2. The van der Waals surface area contributed by atoms with Gasteiger partial charge in [0.15, 0.2) is 11.5 Å². The largest absolute Gasteiger partial charge is 0.483 e. The third-order valence-corrected chi connectivity index (χ3v) is 5.44. The SMILES string of the molecule is NC1=NC(c2ccccc2)(c2ccccc2)C(=O)N1CCCCc1ccccc1.O=CO. The maximum absolute atomic E-state index is 13.6. The molecule has 1 heterocycles. The number of carbonyl (C=O) groups is 2. The average Bonchev–Trinajstić information content (AvgIpc) is 3.09. The van der Waals surface area contributed by atoms with Crippen molar-refractivity contribution in [2.45, 2.75) is 24.8 Å². The zero-order valence-corrected chi connectivity index (χ0v) is 17.8. The van der Waals surface area contributed by atoms with Gasteiger partial charge in [-0.05, 0) is 36.0 Å². The van der Waals surface area contributed by atoms with Crippen LogP contribution >= 0.6 is 0 Å². The van der Waals surface area contributed by atoms with Crippen LogP contribution < -0.4 is 5.73 Å². The van der Waals surface area contributed by atoms with Crippen LogP contribution in [0, 0.1) is 0 Å². The van der Waals surface area contributed by atoms with E-state index < -0.39 is 5.54 Å². The van der Waals surface area contributed by atoms with E-state index in [0.717, 1.165) is 30.4 Å². The first-order valence-corrected chi connectivity index (χ1v) is 10.5. The van der Waals surface area contributed by atoms with Crippen LogP contribution in [0.5, 0.6) is 0 Å². The molecule has 6 heteroatoms. The summed E-state index contributed by atoms with van der Waals surface area (Å²) in [5.74, 6) is 0.217. The van der Waals surface area contributed by atoms with Crippen molar-refractivity contribution in [2.75, 3.05) is 6.54 Å². The fourth-order valence-corrected chi connectivity index (χ4v) is 3.94. The molecule has 3 N–H and O–H groups in total. The molecule has 0 unspecified atom stereocenters. The van der Waals surface area contributed by atoms with Crippen LogP contribution in [0.25, 0.3) is 0 Å². The Hall–Kier alpha value is -3.93. The van der Waals surface area contributed by atoms with Crippen molar-refractivity contribution >= 4 is 18.3 Å². The number of benzene rings is 3. The minimum absolute atomic E-state index is 0.0767.